The van der Waals surface area contributed by atoms with E-state index in [2.05, 4.69) is 29.0 Å². The molecule has 0 radical (unpaired) electrons. The Labute approximate surface area is 122 Å². The molecule has 2 aliphatic heterocycles. The summed E-state index contributed by atoms with van der Waals surface area (Å²) in [5.74, 6) is 0.368. The van der Waals surface area contributed by atoms with E-state index in [-0.39, 0.29) is 11.7 Å². The van der Waals surface area contributed by atoms with Gasteiger partial charge >= 0.3 is 0 Å². The number of carbonyl (C=O) groups is 1. The van der Waals surface area contributed by atoms with Gasteiger partial charge in [-0.2, -0.15) is 0 Å². The molecule has 0 aromatic carbocycles. The molecule has 1 N–H and O–H groups in total. The van der Waals surface area contributed by atoms with Gasteiger partial charge in [-0.15, -0.1) is 0 Å². The molecule has 3 aliphatic rings. The van der Waals surface area contributed by atoms with Crippen LogP contribution in [-0.2, 0) is 4.79 Å². The van der Waals surface area contributed by atoms with Gasteiger partial charge in [0.25, 0.3) is 0 Å². The fourth-order valence-electron chi connectivity index (χ4n) is 4.48. The molecule has 2 saturated heterocycles. The molecule has 20 heavy (non-hydrogen) atoms. The highest BCUT2D eigenvalue weighted by atomic mass is 16.2. The van der Waals surface area contributed by atoms with Crippen LogP contribution in [0.15, 0.2) is 0 Å². The van der Waals surface area contributed by atoms with Crippen LogP contribution in [0.3, 0.4) is 0 Å². The second-order valence-corrected chi connectivity index (χ2v) is 7.03. The average Bonchev–Trinajstić information content (AvgIpc) is 2.98. The van der Waals surface area contributed by atoms with Gasteiger partial charge in [0.05, 0.1) is 11.7 Å². The molecule has 1 spiro atoms. The molecule has 0 bridgehead atoms. The molecule has 3 fully saturated rings. The number of amides is 1. The second kappa shape index (κ2) is 5.64. The SMILES string of the molecule is CC(CN1CCCCC1)N1C(=O)C2(CCCC2)NC1C. The van der Waals surface area contributed by atoms with Gasteiger partial charge in [-0.25, -0.2) is 0 Å². The van der Waals surface area contributed by atoms with Crippen molar-refractivity contribution in [2.24, 2.45) is 0 Å². The molecule has 2 heterocycles. The van der Waals surface area contributed by atoms with E-state index in [0.717, 1.165) is 19.4 Å². The van der Waals surface area contributed by atoms with Crippen LogP contribution in [0.25, 0.3) is 0 Å². The van der Waals surface area contributed by atoms with E-state index in [0.29, 0.717) is 11.9 Å². The Bertz CT molecular complexity index is 359. The molecule has 1 aliphatic carbocycles. The van der Waals surface area contributed by atoms with Crippen LogP contribution in [0.4, 0.5) is 0 Å². The topological polar surface area (TPSA) is 35.6 Å². The molecule has 0 aromatic heterocycles. The van der Waals surface area contributed by atoms with Crippen LogP contribution in [0, 0.1) is 0 Å². The van der Waals surface area contributed by atoms with Crippen molar-refractivity contribution in [2.75, 3.05) is 19.6 Å². The van der Waals surface area contributed by atoms with Gasteiger partial charge in [0.15, 0.2) is 0 Å². The molecule has 3 rings (SSSR count). The minimum atomic E-state index is -0.213. The number of nitrogens with one attached hydrogen (secondary N) is 1. The van der Waals surface area contributed by atoms with Gasteiger partial charge in [-0.3, -0.25) is 10.1 Å². The Morgan fingerprint density at radius 3 is 2.50 bits per heavy atom. The van der Waals surface area contributed by atoms with Crippen LogP contribution < -0.4 is 5.32 Å². The van der Waals surface area contributed by atoms with Crippen LogP contribution in [-0.4, -0.2) is 53.1 Å². The van der Waals surface area contributed by atoms with Crippen molar-refractivity contribution in [2.45, 2.75) is 76.5 Å². The smallest absolute Gasteiger partial charge is 0.244 e. The van der Waals surface area contributed by atoms with Crippen LogP contribution in [0.2, 0.25) is 0 Å². The zero-order chi connectivity index (χ0) is 14.2. The first-order chi connectivity index (χ1) is 9.62. The van der Waals surface area contributed by atoms with Crippen molar-refractivity contribution < 1.29 is 4.79 Å². The lowest BCUT2D eigenvalue weighted by atomic mass is 9.97. The molecule has 2 atom stereocenters. The van der Waals surface area contributed by atoms with Crippen molar-refractivity contribution in [1.82, 2.24) is 15.1 Å². The zero-order valence-electron chi connectivity index (χ0n) is 13.0. The highest BCUT2D eigenvalue weighted by Crippen LogP contribution is 2.37. The summed E-state index contributed by atoms with van der Waals surface area (Å²) in [5.41, 5.74) is -0.213. The third-order valence-corrected chi connectivity index (χ3v) is 5.45. The molecule has 2 unspecified atom stereocenters. The summed E-state index contributed by atoms with van der Waals surface area (Å²) in [7, 11) is 0. The second-order valence-electron chi connectivity index (χ2n) is 7.03. The third-order valence-electron chi connectivity index (χ3n) is 5.45. The first-order valence-electron chi connectivity index (χ1n) is 8.45. The fourth-order valence-corrected chi connectivity index (χ4v) is 4.48. The summed E-state index contributed by atoms with van der Waals surface area (Å²) in [4.78, 5) is 17.5. The standard InChI is InChI=1S/C16H29N3O/c1-13(12-18-10-6-3-7-11-18)19-14(2)17-16(15(19)20)8-4-5-9-16/h13-14,17H,3-12H2,1-2H3. The summed E-state index contributed by atoms with van der Waals surface area (Å²) < 4.78 is 0. The Morgan fingerprint density at radius 2 is 1.85 bits per heavy atom. The summed E-state index contributed by atoms with van der Waals surface area (Å²) >= 11 is 0. The van der Waals surface area contributed by atoms with Crippen LogP contribution >= 0.6 is 0 Å². The molecule has 0 aromatic rings. The summed E-state index contributed by atoms with van der Waals surface area (Å²) in [5, 5.41) is 3.61. The summed E-state index contributed by atoms with van der Waals surface area (Å²) in [6.45, 7) is 7.82. The van der Waals surface area contributed by atoms with Crippen molar-refractivity contribution in [1.29, 1.82) is 0 Å². The quantitative estimate of drug-likeness (QED) is 0.858. The zero-order valence-corrected chi connectivity index (χ0v) is 13.0. The first-order valence-corrected chi connectivity index (χ1v) is 8.45. The number of carbonyl (C=O) groups excluding carboxylic acids is 1. The minimum absolute atomic E-state index is 0.195. The van der Waals surface area contributed by atoms with Crippen molar-refractivity contribution in [3.63, 3.8) is 0 Å². The molecular formula is C16H29N3O. The Balaban J connectivity index is 1.64. The molecular weight excluding hydrogens is 250 g/mol. The van der Waals surface area contributed by atoms with Crippen molar-refractivity contribution in [3.8, 4) is 0 Å². The molecule has 114 valence electrons. The third kappa shape index (κ3) is 2.48. The number of rotatable bonds is 3. The van der Waals surface area contributed by atoms with Crippen LogP contribution in [0.1, 0.15) is 58.8 Å². The number of hydrogen-bond donors (Lipinski definition) is 1. The van der Waals surface area contributed by atoms with Gasteiger partial charge in [0, 0.05) is 12.6 Å². The maximum absolute atomic E-state index is 12.9. The summed E-state index contributed by atoms with van der Waals surface area (Å²) in [6.07, 6.45) is 8.65. The van der Waals surface area contributed by atoms with E-state index >= 15 is 0 Å². The lowest BCUT2D eigenvalue weighted by molar-refractivity contribution is -0.135. The number of likely N-dealkylation sites (tertiary alicyclic amines) is 1. The number of nitrogens with zero attached hydrogens (tertiary/aromatic N) is 2. The predicted molar refractivity (Wildman–Crippen MR) is 80.4 cm³/mol. The first kappa shape index (κ1) is 14.3. The van der Waals surface area contributed by atoms with Crippen molar-refractivity contribution >= 4 is 5.91 Å². The van der Waals surface area contributed by atoms with E-state index in [1.807, 2.05) is 0 Å². The van der Waals surface area contributed by atoms with Gasteiger partial charge in [-0.05, 0) is 52.6 Å². The Morgan fingerprint density at radius 1 is 1.20 bits per heavy atom. The van der Waals surface area contributed by atoms with Crippen molar-refractivity contribution in [3.05, 3.63) is 0 Å². The molecule has 1 amide bonds. The van der Waals surface area contributed by atoms with Gasteiger partial charge in [-0.1, -0.05) is 19.3 Å². The number of hydrogen-bond acceptors (Lipinski definition) is 3. The molecule has 1 saturated carbocycles. The highest BCUT2D eigenvalue weighted by molar-refractivity contribution is 5.89. The largest absolute Gasteiger partial charge is 0.322 e. The monoisotopic (exact) mass is 279 g/mol. The van der Waals surface area contributed by atoms with Gasteiger partial charge in [0.1, 0.15) is 0 Å². The predicted octanol–water partition coefficient (Wildman–Crippen LogP) is 1.95. The normalized spacial score (nSPS) is 32.2. The van der Waals surface area contributed by atoms with Gasteiger partial charge in [0.2, 0.25) is 5.91 Å². The summed E-state index contributed by atoms with van der Waals surface area (Å²) in [6, 6.07) is 0.322. The maximum Gasteiger partial charge on any atom is 0.244 e. The molecule has 4 heteroatoms. The van der Waals surface area contributed by atoms with E-state index in [9.17, 15) is 4.79 Å². The van der Waals surface area contributed by atoms with E-state index < -0.39 is 0 Å². The minimum Gasteiger partial charge on any atom is -0.322 e. The van der Waals surface area contributed by atoms with Gasteiger partial charge < -0.3 is 9.80 Å². The van der Waals surface area contributed by atoms with E-state index in [4.69, 9.17) is 0 Å². The Hall–Kier alpha value is -0.610. The average molecular weight is 279 g/mol. The number of piperidine rings is 1. The highest BCUT2D eigenvalue weighted by Gasteiger charge is 2.52. The lowest BCUT2D eigenvalue weighted by Gasteiger charge is -2.35. The van der Waals surface area contributed by atoms with E-state index in [1.54, 1.807) is 0 Å². The Kier molecular flexibility index (Phi) is 4.04. The van der Waals surface area contributed by atoms with Crippen LogP contribution in [0.5, 0.6) is 0 Å². The fraction of sp³-hybridized carbons (Fsp3) is 0.938. The maximum atomic E-state index is 12.9. The lowest BCUT2D eigenvalue weighted by Crippen LogP contribution is -2.49. The van der Waals surface area contributed by atoms with E-state index in [1.165, 1.54) is 45.2 Å². The molecule has 4 nitrogen and oxygen atoms in total.